The first-order valence-corrected chi connectivity index (χ1v) is 9.49. The number of amides is 1. The summed E-state index contributed by atoms with van der Waals surface area (Å²) in [5.74, 6) is 2.59. The highest BCUT2D eigenvalue weighted by molar-refractivity contribution is 5.91. The van der Waals surface area contributed by atoms with E-state index in [-0.39, 0.29) is 11.3 Å². The third kappa shape index (κ3) is 2.87. The molecule has 1 aromatic carbocycles. The molecule has 0 radical (unpaired) electrons. The summed E-state index contributed by atoms with van der Waals surface area (Å²) in [5.41, 5.74) is 0.818. The van der Waals surface area contributed by atoms with Gasteiger partial charge in [-0.3, -0.25) is 4.79 Å². The first-order chi connectivity index (χ1) is 12.7. The lowest BCUT2D eigenvalue weighted by Gasteiger charge is -2.34. The number of nitrogens with zero attached hydrogens (tertiary/aromatic N) is 4. The smallest absolute Gasteiger partial charge is 0.233 e. The van der Waals surface area contributed by atoms with Crippen LogP contribution in [0.5, 0.6) is 5.75 Å². The number of hydrogen-bond acceptors (Lipinski definition) is 4. The Kier molecular flexibility index (Phi) is 4.42. The van der Waals surface area contributed by atoms with Crippen LogP contribution in [-0.4, -0.2) is 45.8 Å². The van der Waals surface area contributed by atoms with Crippen molar-refractivity contribution in [2.24, 2.45) is 0 Å². The molecule has 0 unspecified atom stereocenters. The van der Waals surface area contributed by atoms with Crippen molar-refractivity contribution in [1.29, 1.82) is 0 Å². The van der Waals surface area contributed by atoms with Gasteiger partial charge in [0.05, 0.1) is 12.5 Å². The molecule has 1 aliphatic carbocycles. The van der Waals surface area contributed by atoms with Crippen molar-refractivity contribution in [3.8, 4) is 5.75 Å². The highest BCUT2D eigenvalue weighted by atomic mass is 16.5. The summed E-state index contributed by atoms with van der Waals surface area (Å²) in [6, 6.07) is 7.99. The molecule has 2 aliphatic rings. The number of rotatable bonds is 5. The number of piperidine rings is 1. The first kappa shape index (κ1) is 17.1. The summed E-state index contributed by atoms with van der Waals surface area (Å²) in [5, 5.41) is 8.35. The maximum Gasteiger partial charge on any atom is 0.233 e. The predicted octanol–water partition coefficient (Wildman–Crippen LogP) is 2.74. The number of aryl methyl sites for hydroxylation is 1. The Morgan fingerprint density at radius 2 is 1.92 bits per heavy atom. The van der Waals surface area contributed by atoms with E-state index in [2.05, 4.69) is 26.6 Å². The van der Waals surface area contributed by atoms with Crippen LogP contribution in [0.2, 0.25) is 0 Å². The molecule has 1 aromatic heterocycles. The Morgan fingerprint density at radius 3 is 2.50 bits per heavy atom. The van der Waals surface area contributed by atoms with E-state index < -0.39 is 0 Å². The van der Waals surface area contributed by atoms with E-state index in [1.54, 1.807) is 13.4 Å². The van der Waals surface area contributed by atoms with E-state index >= 15 is 0 Å². The van der Waals surface area contributed by atoms with Crippen LogP contribution < -0.4 is 4.74 Å². The minimum absolute atomic E-state index is 0.290. The van der Waals surface area contributed by atoms with Gasteiger partial charge in [0, 0.05) is 25.6 Å². The first-order valence-electron chi connectivity index (χ1n) is 9.49. The van der Waals surface area contributed by atoms with Gasteiger partial charge in [-0.25, -0.2) is 0 Å². The molecular formula is C20H26N4O2. The summed E-state index contributed by atoms with van der Waals surface area (Å²) in [4.78, 5) is 15.3. The third-order valence-electron chi connectivity index (χ3n) is 5.94. The molecule has 2 heterocycles. The molecule has 0 N–H and O–H groups in total. The Bertz CT molecular complexity index is 771. The molecule has 0 spiro atoms. The maximum absolute atomic E-state index is 13.2. The van der Waals surface area contributed by atoms with Gasteiger partial charge in [0.25, 0.3) is 0 Å². The zero-order valence-electron chi connectivity index (χ0n) is 15.5. The molecular weight excluding hydrogens is 328 g/mol. The molecule has 6 heteroatoms. The quantitative estimate of drug-likeness (QED) is 0.828. The molecule has 1 amide bonds. The number of ether oxygens (including phenoxy) is 1. The average Bonchev–Trinajstić information content (AvgIpc) is 3.37. The Balaban J connectivity index is 1.43. The SMILES string of the molecule is CCn1cnnc1C1CCN(C(=O)C2(c3ccc(OC)cc3)CC2)CC1. The molecule has 138 valence electrons. The van der Waals surface area contributed by atoms with E-state index in [4.69, 9.17) is 4.74 Å². The molecule has 2 fully saturated rings. The van der Waals surface area contributed by atoms with Crippen LogP contribution in [0.1, 0.15) is 49.9 Å². The van der Waals surface area contributed by atoms with Crippen LogP contribution in [0, 0.1) is 0 Å². The highest BCUT2D eigenvalue weighted by Crippen LogP contribution is 2.50. The molecule has 1 aliphatic heterocycles. The zero-order chi connectivity index (χ0) is 18.1. The number of hydrogen-bond donors (Lipinski definition) is 0. The van der Waals surface area contributed by atoms with E-state index in [1.165, 1.54) is 0 Å². The largest absolute Gasteiger partial charge is 0.497 e. The summed E-state index contributed by atoms with van der Waals surface area (Å²) in [7, 11) is 1.66. The normalized spacial score (nSPS) is 19.4. The van der Waals surface area contributed by atoms with Crippen molar-refractivity contribution in [1.82, 2.24) is 19.7 Å². The third-order valence-corrected chi connectivity index (χ3v) is 5.94. The van der Waals surface area contributed by atoms with E-state index in [1.807, 2.05) is 24.3 Å². The maximum atomic E-state index is 13.2. The van der Waals surface area contributed by atoms with Crippen molar-refractivity contribution in [2.45, 2.75) is 50.5 Å². The summed E-state index contributed by atoms with van der Waals surface area (Å²) in [6.07, 6.45) is 5.62. The molecule has 6 nitrogen and oxygen atoms in total. The number of methoxy groups -OCH3 is 1. The standard InChI is InChI=1S/C20H26N4O2/c1-3-23-14-21-22-18(23)15-8-12-24(13-9-15)19(25)20(10-11-20)16-4-6-17(26-2)7-5-16/h4-7,14-15H,3,8-13H2,1-2H3. The second-order valence-corrected chi connectivity index (χ2v) is 7.35. The molecule has 26 heavy (non-hydrogen) atoms. The second-order valence-electron chi connectivity index (χ2n) is 7.35. The molecule has 2 aromatic rings. The van der Waals surface area contributed by atoms with Gasteiger partial charge < -0.3 is 14.2 Å². The van der Waals surface area contributed by atoms with Gasteiger partial charge in [-0.05, 0) is 50.3 Å². The van der Waals surface area contributed by atoms with Crippen molar-refractivity contribution >= 4 is 5.91 Å². The van der Waals surface area contributed by atoms with Gasteiger partial charge >= 0.3 is 0 Å². The highest BCUT2D eigenvalue weighted by Gasteiger charge is 2.53. The van der Waals surface area contributed by atoms with Gasteiger partial charge in [-0.1, -0.05) is 12.1 Å². The van der Waals surface area contributed by atoms with Gasteiger partial charge in [-0.15, -0.1) is 10.2 Å². The lowest BCUT2D eigenvalue weighted by Crippen LogP contribution is -2.44. The molecule has 1 saturated carbocycles. The number of likely N-dealkylation sites (tertiary alicyclic amines) is 1. The van der Waals surface area contributed by atoms with Crippen LogP contribution in [0.25, 0.3) is 0 Å². The Morgan fingerprint density at radius 1 is 1.23 bits per heavy atom. The fourth-order valence-electron chi connectivity index (χ4n) is 4.13. The van der Waals surface area contributed by atoms with Crippen molar-refractivity contribution in [3.63, 3.8) is 0 Å². The van der Waals surface area contributed by atoms with Gasteiger partial charge in [0.15, 0.2) is 0 Å². The van der Waals surface area contributed by atoms with Gasteiger partial charge in [0.2, 0.25) is 5.91 Å². The number of aromatic nitrogens is 3. The van der Waals surface area contributed by atoms with Crippen LogP contribution in [0.3, 0.4) is 0 Å². The summed E-state index contributed by atoms with van der Waals surface area (Å²) < 4.78 is 7.35. The predicted molar refractivity (Wildman–Crippen MR) is 98.2 cm³/mol. The summed E-state index contributed by atoms with van der Waals surface area (Å²) >= 11 is 0. The Hall–Kier alpha value is -2.37. The van der Waals surface area contributed by atoms with Crippen molar-refractivity contribution in [3.05, 3.63) is 42.0 Å². The molecule has 0 atom stereocenters. The fraction of sp³-hybridized carbons (Fsp3) is 0.550. The monoisotopic (exact) mass is 354 g/mol. The van der Waals surface area contributed by atoms with Crippen LogP contribution >= 0.6 is 0 Å². The van der Waals surface area contributed by atoms with Crippen LogP contribution in [-0.2, 0) is 16.8 Å². The van der Waals surface area contributed by atoms with Gasteiger partial charge in [-0.2, -0.15) is 0 Å². The zero-order valence-corrected chi connectivity index (χ0v) is 15.5. The van der Waals surface area contributed by atoms with Gasteiger partial charge in [0.1, 0.15) is 17.9 Å². The molecule has 1 saturated heterocycles. The van der Waals surface area contributed by atoms with Crippen molar-refractivity contribution in [2.75, 3.05) is 20.2 Å². The minimum atomic E-state index is -0.303. The fourth-order valence-corrected chi connectivity index (χ4v) is 4.13. The number of carbonyl (C=O) groups excluding carboxylic acids is 1. The van der Waals surface area contributed by atoms with E-state index in [0.717, 1.165) is 62.5 Å². The molecule has 0 bridgehead atoms. The van der Waals surface area contributed by atoms with E-state index in [9.17, 15) is 4.79 Å². The van der Waals surface area contributed by atoms with Crippen LogP contribution in [0.4, 0.5) is 0 Å². The van der Waals surface area contributed by atoms with Crippen molar-refractivity contribution < 1.29 is 9.53 Å². The average molecular weight is 354 g/mol. The number of carbonyl (C=O) groups is 1. The van der Waals surface area contributed by atoms with E-state index in [0.29, 0.717) is 5.92 Å². The Labute approximate surface area is 154 Å². The van der Waals surface area contributed by atoms with Crippen LogP contribution in [0.15, 0.2) is 30.6 Å². The topological polar surface area (TPSA) is 60.2 Å². The minimum Gasteiger partial charge on any atom is -0.497 e. The summed E-state index contributed by atoms with van der Waals surface area (Å²) in [6.45, 7) is 4.61. The lowest BCUT2D eigenvalue weighted by atomic mass is 9.91. The lowest BCUT2D eigenvalue weighted by molar-refractivity contribution is -0.135. The molecule has 4 rings (SSSR count). The second kappa shape index (κ2) is 6.74. The number of benzene rings is 1.